The largest absolute Gasteiger partial charge is 0.478 e. The van der Waals surface area contributed by atoms with Crippen molar-refractivity contribution >= 4 is 23.3 Å². The van der Waals surface area contributed by atoms with Gasteiger partial charge in [-0.1, -0.05) is 0 Å². The van der Waals surface area contributed by atoms with E-state index in [4.69, 9.17) is 14.9 Å². The van der Waals surface area contributed by atoms with Crippen LogP contribution in [0.1, 0.15) is 20.7 Å². The lowest BCUT2D eigenvalue weighted by Gasteiger charge is -2.06. The van der Waals surface area contributed by atoms with Gasteiger partial charge in [0.15, 0.2) is 0 Å². The Balaban J connectivity index is 2.40. The zero-order chi connectivity index (χ0) is 13.1. The number of hydrogen-bond acceptors (Lipinski definition) is 4. The van der Waals surface area contributed by atoms with E-state index in [1.165, 1.54) is 23.5 Å². The van der Waals surface area contributed by atoms with Gasteiger partial charge in [0, 0.05) is 5.38 Å². The maximum atomic E-state index is 10.9. The second-order valence-electron chi connectivity index (χ2n) is 3.42. The van der Waals surface area contributed by atoms with E-state index < -0.39 is 11.9 Å². The lowest BCUT2D eigenvalue weighted by molar-refractivity contribution is 0.0696. The molecule has 0 bridgehead atoms. The SMILES string of the molecule is O=C(O)c1cc(Oc2ccsc2)cc(C(=O)O)c1. The topological polar surface area (TPSA) is 83.8 Å². The Kier molecular flexibility index (Phi) is 3.29. The molecule has 18 heavy (non-hydrogen) atoms. The fourth-order valence-corrected chi connectivity index (χ4v) is 1.90. The predicted octanol–water partition coefficient (Wildman–Crippen LogP) is 2.94. The smallest absolute Gasteiger partial charge is 0.335 e. The first-order chi connectivity index (χ1) is 8.56. The van der Waals surface area contributed by atoms with E-state index in [1.807, 2.05) is 0 Å². The van der Waals surface area contributed by atoms with Crippen LogP contribution >= 0.6 is 11.3 Å². The van der Waals surface area contributed by atoms with Gasteiger partial charge >= 0.3 is 11.9 Å². The first-order valence-electron chi connectivity index (χ1n) is 4.88. The molecule has 2 rings (SSSR count). The fourth-order valence-electron chi connectivity index (χ4n) is 1.35. The van der Waals surface area contributed by atoms with Gasteiger partial charge in [0.25, 0.3) is 0 Å². The van der Waals surface area contributed by atoms with Crippen LogP contribution in [-0.2, 0) is 0 Å². The number of aromatic carboxylic acids is 2. The van der Waals surface area contributed by atoms with Crippen LogP contribution in [0, 0.1) is 0 Å². The Hall–Kier alpha value is -2.34. The van der Waals surface area contributed by atoms with Crippen molar-refractivity contribution in [2.45, 2.75) is 0 Å². The van der Waals surface area contributed by atoms with Crippen molar-refractivity contribution in [3.63, 3.8) is 0 Å². The van der Waals surface area contributed by atoms with Gasteiger partial charge in [0.2, 0.25) is 0 Å². The number of benzene rings is 1. The quantitative estimate of drug-likeness (QED) is 0.886. The van der Waals surface area contributed by atoms with Crippen molar-refractivity contribution in [2.75, 3.05) is 0 Å². The van der Waals surface area contributed by atoms with Crippen LogP contribution in [0.3, 0.4) is 0 Å². The monoisotopic (exact) mass is 264 g/mol. The van der Waals surface area contributed by atoms with Gasteiger partial charge in [0.1, 0.15) is 11.5 Å². The van der Waals surface area contributed by atoms with Gasteiger partial charge in [0.05, 0.1) is 11.1 Å². The Morgan fingerprint density at radius 1 is 1.00 bits per heavy atom. The van der Waals surface area contributed by atoms with E-state index in [9.17, 15) is 9.59 Å². The van der Waals surface area contributed by atoms with Crippen molar-refractivity contribution in [2.24, 2.45) is 0 Å². The Morgan fingerprint density at radius 2 is 1.61 bits per heavy atom. The number of rotatable bonds is 4. The summed E-state index contributed by atoms with van der Waals surface area (Å²) < 4.78 is 5.38. The summed E-state index contributed by atoms with van der Waals surface area (Å²) in [6.07, 6.45) is 0. The molecule has 0 fully saturated rings. The minimum absolute atomic E-state index is 0.125. The average molecular weight is 264 g/mol. The Labute approximate surface area is 106 Å². The molecular weight excluding hydrogens is 256 g/mol. The molecule has 2 aromatic rings. The number of carboxylic acids is 2. The molecule has 1 aromatic carbocycles. The normalized spacial score (nSPS) is 10.0. The highest BCUT2D eigenvalue weighted by atomic mass is 32.1. The summed E-state index contributed by atoms with van der Waals surface area (Å²) in [5, 5.41) is 21.3. The maximum Gasteiger partial charge on any atom is 0.335 e. The molecule has 2 N–H and O–H groups in total. The van der Waals surface area contributed by atoms with Crippen molar-refractivity contribution in [3.8, 4) is 11.5 Å². The van der Waals surface area contributed by atoms with E-state index >= 15 is 0 Å². The summed E-state index contributed by atoms with van der Waals surface area (Å²) >= 11 is 1.42. The number of carbonyl (C=O) groups is 2. The standard InChI is InChI=1S/C12H8O5S/c13-11(14)7-3-8(12(15)16)5-10(4-7)17-9-1-2-18-6-9/h1-6H,(H,13,14)(H,15,16). The molecule has 1 aromatic heterocycles. The third kappa shape index (κ3) is 2.67. The summed E-state index contributed by atoms with van der Waals surface area (Å²) in [6.45, 7) is 0. The second kappa shape index (κ2) is 4.89. The zero-order valence-electron chi connectivity index (χ0n) is 8.99. The van der Waals surface area contributed by atoms with Crippen LogP contribution in [0.5, 0.6) is 11.5 Å². The molecule has 0 saturated heterocycles. The van der Waals surface area contributed by atoms with Crippen molar-refractivity contribution in [3.05, 3.63) is 46.2 Å². The summed E-state index contributed by atoms with van der Waals surface area (Å²) in [5.74, 6) is -1.67. The molecule has 0 unspecified atom stereocenters. The van der Waals surface area contributed by atoms with Gasteiger partial charge in [-0.15, -0.1) is 11.3 Å². The van der Waals surface area contributed by atoms with Gasteiger partial charge in [-0.3, -0.25) is 0 Å². The van der Waals surface area contributed by atoms with E-state index in [-0.39, 0.29) is 16.9 Å². The van der Waals surface area contributed by atoms with Crippen LogP contribution in [0.15, 0.2) is 35.0 Å². The van der Waals surface area contributed by atoms with Crippen LogP contribution in [0.2, 0.25) is 0 Å². The van der Waals surface area contributed by atoms with E-state index in [0.29, 0.717) is 5.75 Å². The third-order valence-electron chi connectivity index (χ3n) is 2.13. The van der Waals surface area contributed by atoms with Crippen molar-refractivity contribution in [1.29, 1.82) is 0 Å². The van der Waals surface area contributed by atoms with Crippen LogP contribution < -0.4 is 4.74 Å². The molecule has 0 atom stereocenters. The molecule has 5 nitrogen and oxygen atoms in total. The van der Waals surface area contributed by atoms with Crippen LogP contribution in [-0.4, -0.2) is 22.2 Å². The lowest BCUT2D eigenvalue weighted by atomic mass is 10.1. The number of hydrogen-bond donors (Lipinski definition) is 2. The van der Waals surface area contributed by atoms with Gasteiger partial charge in [-0.05, 0) is 29.6 Å². The molecule has 0 spiro atoms. The first-order valence-corrected chi connectivity index (χ1v) is 5.82. The summed E-state index contributed by atoms with van der Waals surface area (Å²) in [5.41, 5.74) is -0.250. The molecule has 1 heterocycles. The van der Waals surface area contributed by atoms with E-state index in [1.54, 1.807) is 16.8 Å². The molecule has 0 amide bonds. The predicted molar refractivity (Wildman–Crippen MR) is 64.8 cm³/mol. The van der Waals surface area contributed by atoms with Crippen LogP contribution in [0.25, 0.3) is 0 Å². The summed E-state index contributed by atoms with van der Waals surface area (Å²) in [6, 6.07) is 5.36. The molecule has 0 aliphatic carbocycles. The molecule has 0 saturated carbocycles. The second-order valence-corrected chi connectivity index (χ2v) is 4.20. The highest BCUT2D eigenvalue weighted by molar-refractivity contribution is 7.08. The minimum atomic E-state index is -1.20. The van der Waals surface area contributed by atoms with Crippen LogP contribution in [0.4, 0.5) is 0 Å². The number of carboxylic acid groups (broad SMARTS) is 2. The van der Waals surface area contributed by atoms with E-state index in [0.717, 1.165) is 6.07 Å². The molecule has 0 aliphatic rings. The van der Waals surface area contributed by atoms with Crippen molar-refractivity contribution < 1.29 is 24.5 Å². The van der Waals surface area contributed by atoms with Gasteiger partial charge < -0.3 is 14.9 Å². The highest BCUT2D eigenvalue weighted by Crippen LogP contribution is 2.25. The van der Waals surface area contributed by atoms with E-state index in [2.05, 4.69) is 0 Å². The lowest BCUT2D eigenvalue weighted by Crippen LogP contribution is -2.02. The molecular formula is C12H8O5S. The molecule has 0 aliphatic heterocycles. The first kappa shape index (κ1) is 12.1. The Bertz CT molecular complexity index is 556. The van der Waals surface area contributed by atoms with Gasteiger partial charge in [-0.25, -0.2) is 9.59 Å². The summed E-state index contributed by atoms with van der Waals surface area (Å²) in [7, 11) is 0. The van der Waals surface area contributed by atoms with Gasteiger partial charge in [-0.2, -0.15) is 0 Å². The fraction of sp³-hybridized carbons (Fsp3) is 0. The molecule has 0 radical (unpaired) electrons. The maximum absolute atomic E-state index is 10.9. The number of thiophene rings is 1. The highest BCUT2D eigenvalue weighted by Gasteiger charge is 2.12. The molecule has 92 valence electrons. The number of ether oxygens (including phenoxy) is 1. The molecule has 6 heteroatoms. The minimum Gasteiger partial charge on any atom is -0.478 e. The van der Waals surface area contributed by atoms with Crippen molar-refractivity contribution in [1.82, 2.24) is 0 Å². The Morgan fingerprint density at radius 3 is 2.06 bits per heavy atom. The zero-order valence-corrected chi connectivity index (χ0v) is 9.81. The average Bonchev–Trinajstić information content (AvgIpc) is 2.81. The third-order valence-corrected chi connectivity index (χ3v) is 2.79. The summed E-state index contributed by atoms with van der Waals surface area (Å²) in [4.78, 5) is 21.8.